The summed E-state index contributed by atoms with van der Waals surface area (Å²) in [5.74, 6) is 0.783. The minimum absolute atomic E-state index is 0.306. The second kappa shape index (κ2) is 8.76. The summed E-state index contributed by atoms with van der Waals surface area (Å²) in [5.41, 5.74) is 0.331. The van der Waals surface area contributed by atoms with Gasteiger partial charge in [-0.2, -0.15) is 0 Å². The maximum atomic E-state index is 12.8. The third-order valence-corrected chi connectivity index (χ3v) is 3.22. The molecule has 6 heteroatoms. The lowest BCUT2D eigenvalue weighted by Gasteiger charge is -2.12. The van der Waals surface area contributed by atoms with Crippen molar-refractivity contribution in [3.05, 3.63) is 53.8 Å². The first-order valence-corrected chi connectivity index (χ1v) is 7.41. The molecule has 128 valence electrons. The van der Waals surface area contributed by atoms with Crippen LogP contribution < -0.4 is 14.2 Å². The first-order valence-electron chi connectivity index (χ1n) is 7.41. The molecule has 0 radical (unpaired) electrons. The van der Waals surface area contributed by atoms with E-state index in [2.05, 4.69) is 0 Å². The second-order valence-electron chi connectivity index (χ2n) is 4.86. The number of carbonyl (C=O) groups is 1. The van der Waals surface area contributed by atoms with Crippen LogP contribution in [0.1, 0.15) is 16.8 Å². The molecule has 24 heavy (non-hydrogen) atoms. The van der Waals surface area contributed by atoms with Crippen molar-refractivity contribution in [1.82, 2.24) is 0 Å². The molecular formula is C18H19FO5. The van der Waals surface area contributed by atoms with Gasteiger partial charge < -0.3 is 18.9 Å². The molecule has 0 saturated heterocycles. The van der Waals surface area contributed by atoms with Crippen molar-refractivity contribution >= 4 is 5.97 Å². The fourth-order valence-electron chi connectivity index (χ4n) is 1.99. The smallest absolute Gasteiger partial charge is 0.341 e. The number of methoxy groups -OCH3 is 2. The highest BCUT2D eigenvalue weighted by Gasteiger charge is 2.14. The van der Waals surface area contributed by atoms with E-state index in [1.54, 1.807) is 30.3 Å². The molecule has 0 bridgehead atoms. The molecule has 0 spiro atoms. The minimum atomic E-state index is -0.477. The zero-order chi connectivity index (χ0) is 17.4. The Hall–Kier alpha value is -2.76. The molecule has 2 aromatic carbocycles. The van der Waals surface area contributed by atoms with E-state index in [9.17, 15) is 9.18 Å². The molecule has 0 aromatic heterocycles. The molecule has 0 heterocycles. The van der Waals surface area contributed by atoms with Crippen LogP contribution >= 0.6 is 0 Å². The van der Waals surface area contributed by atoms with E-state index in [-0.39, 0.29) is 5.82 Å². The van der Waals surface area contributed by atoms with E-state index in [1.807, 2.05) is 0 Å². The standard InChI is InChI=1S/C18H19FO5/c1-21-15-8-9-16(18(20)22-2)17(12-15)24-11-3-10-23-14-6-4-13(19)5-7-14/h4-9,12H,3,10-11H2,1-2H3. The van der Waals surface area contributed by atoms with Crippen molar-refractivity contribution in [1.29, 1.82) is 0 Å². The Morgan fingerprint density at radius 3 is 2.29 bits per heavy atom. The third-order valence-electron chi connectivity index (χ3n) is 3.22. The molecule has 0 N–H and O–H groups in total. The SMILES string of the molecule is COC(=O)c1ccc(OC)cc1OCCCOc1ccc(F)cc1. The highest BCUT2D eigenvalue weighted by atomic mass is 19.1. The van der Waals surface area contributed by atoms with Gasteiger partial charge >= 0.3 is 5.97 Å². The van der Waals surface area contributed by atoms with Crippen LogP contribution in [-0.4, -0.2) is 33.4 Å². The van der Waals surface area contributed by atoms with Crippen LogP contribution in [0.15, 0.2) is 42.5 Å². The van der Waals surface area contributed by atoms with Crippen LogP contribution in [0.3, 0.4) is 0 Å². The van der Waals surface area contributed by atoms with Gasteiger partial charge in [-0.3, -0.25) is 0 Å². The first-order chi connectivity index (χ1) is 11.6. The first kappa shape index (κ1) is 17.6. The van der Waals surface area contributed by atoms with Gasteiger partial charge in [0, 0.05) is 12.5 Å². The van der Waals surface area contributed by atoms with Crippen LogP contribution in [0, 0.1) is 5.82 Å². The predicted molar refractivity (Wildman–Crippen MR) is 86.3 cm³/mol. The van der Waals surface area contributed by atoms with E-state index in [4.69, 9.17) is 18.9 Å². The van der Waals surface area contributed by atoms with Crippen molar-refractivity contribution in [3.8, 4) is 17.2 Å². The summed E-state index contributed by atoms with van der Waals surface area (Å²) in [6.45, 7) is 0.752. The molecule has 0 aliphatic carbocycles. The fraction of sp³-hybridized carbons (Fsp3) is 0.278. The van der Waals surface area contributed by atoms with E-state index < -0.39 is 5.97 Å². The van der Waals surface area contributed by atoms with Gasteiger partial charge in [0.1, 0.15) is 28.6 Å². The molecule has 2 rings (SSSR count). The number of carbonyl (C=O) groups excluding carboxylic acids is 1. The minimum Gasteiger partial charge on any atom is -0.497 e. The quantitative estimate of drug-likeness (QED) is 0.546. The molecule has 0 fully saturated rings. The topological polar surface area (TPSA) is 54.0 Å². The average molecular weight is 334 g/mol. The van der Waals surface area contributed by atoms with Crippen LogP contribution in [0.25, 0.3) is 0 Å². The molecule has 0 amide bonds. The van der Waals surface area contributed by atoms with Gasteiger partial charge in [-0.05, 0) is 36.4 Å². The monoisotopic (exact) mass is 334 g/mol. The Labute approximate surface area is 139 Å². The lowest BCUT2D eigenvalue weighted by atomic mass is 10.2. The Kier molecular flexibility index (Phi) is 6.42. The maximum absolute atomic E-state index is 12.8. The normalized spacial score (nSPS) is 10.1. The molecule has 2 aromatic rings. The van der Waals surface area contributed by atoms with Crippen LogP contribution in [-0.2, 0) is 4.74 Å². The molecule has 0 unspecified atom stereocenters. The summed E-state index contributed by atoms with van der Waals surface area (Å²) < 4.78 is 33.8. The second-order valence-corrected chi connectivity index (χ2v) is 4.86. The van der Waals surface area contributed by atoms with Gasteiger partial charge in [0.15, 0.2) is 0 Å². The van der Waals surface area contributed by atoms with Crippen LogP contribution in [0.2, 0.25) is 0 Å². The summed E-state index contributed by atoms with van der Waals surface area (Å²) >= 11 is 0. The highest BCUT2D eigenvalue weighted by molar-refractivity contribution is 5.92. The largest absolute Gasteiger partial charge is 0.497 e. The van der Waals surface area contributed by atoms with Crippen molar-refractivity contribution < 1.29 is 28.1 Å². The van der Waals surface area contributed by atoms with Gasteiger partial charge in [-0.25, -0.2) is 9.18 Å². The van der Waals surface area contributed by atoms with Crippen molar-refractivity contribution in [3.63, 3.8) is 0 Å². The molecule has 0 atom stereocenters. The summed E-state index contributed by atoms with van der Waals surface area (Å²) in [6.07, 6.45) is 0.592. The zero-order valence-corrected chi connectivity index (χ0v) is 13.6. The summed E-state index contributed by atoms with van der Waals surface area (Å²) in [6, 6.07) is 10.7. The Balaban J connectivity index is 1.86. The van der Waals surface area contributed by atoms with Crippen LogP contribution in [0.4, 0.5) is 4.39 Å². The Morgan fingerprint density at radius 2 is 1.62 bits per heavy atom. The molecule has 0 aliphatic heterocycles. The summed E-state index contributed by atoms with van der Waals surface area (Å²) in [4.78, 5) is 11.7. The Bertz CT molecular complexity index is 670. The molecule has 5 nitrogen and oxygen atoms in total. The van der Waals surface area contributed by atoms with E-state index >= 15 is 0 Å². The Morgan fingerprint density at radius 1 is 0.958 bits per heavy atom. The molecule has 0 saturated carbocycles. The van der Waals surface area contributed by atoms with Crippen molar-refractivity contribution in [2.75, 3.05) is 27.4 Å². The van der Waals surface area contributed by atoms with Crippen molar-refractivity contribution in [2.24, 2.45) is 0 Å². The number of hydrogen-bond donors (Lipinski definition) is 0. The zero-order valence-electron chi connectivity index (χ0n) is 13.6. The van der Waals surface area contributed by atoms with Gasteiger partial charge in [0.2, 0.25) is 0 Å². The van der Waals surface area contributed by atoms with Crippen molar-refractivity contribution in [2.45, 2.75) is 6.42 Å². The van der Waals surface area contributed by atoms with Gasteiger partial charge in [-0.15, -0.1) is 0 Å². The predicted octanol–water partition coefficient (Wildman–Crippen LogP) is 3.47. The van der Waals surface area contributed by atoms with Crippen LogP contribution in [0.5, 0.6) is 17.2 Å². The lowest BCUT2D eigenvalue weighted by molar-refractivity contribution is 0.0595. The summed E-state index contributed by atoms with van der Waals surface area (Å²) in [7, 11) is 2.85. The van der Waals surface area contributed by atoms with Gasteiger partial charge in [-0.1, -0.05) is 0 Å². The molecule has 0 aliphatic rings. The fourth-order valence-corrected chi connectivity index (χ4v) is 1.99. The third kappa shape index (κ3) is 4.87. The number of benzene rings is 2. The van der Waals surface area contributed by atoms with Gasteiger partial charge in [0.25, 0.3) is 0 Å². The molecular weight excluding hydrogens is 315 g/mol. The number of halogens is 1. The number of hydrogen-bond acceptors (Lipinski definition) is 5. The van der Waals surface area contributed by atoms with E-state index in [0.29, 0.717) is 42.4 Å². The van der Waals surface area contributed by atoms with Gasteiger partial charge in [0.05, 0.1) is 27.4 Å². The number of ether oxygens (including phenoxy) is 4. The number of esters is 1. The lowest BCUT2D eigenvalue weighted by Crippen LogP contribution is -2.09. The number of rotatable bonds is 8. The maximum Gasteiger partial charge on any atom is 0.341 e. The van der Waals surface area contributed by atoms with E-state index in [1.165, 1.54) is 26.4 Å². The van der Waals surface area contributed by atoms with E-state index in [0.717, 1.165) is 0 Å². The average Bonchev–Trinajstić information content (AvgIpc) is 2.62. The summed E-state index contributed by atoms with van der Waals surface area (Å²) in [5, 5.41) is 0. The highest BCUT2D eigenvalue weighted by Crippen LogP contribution is 2.25.